The van der Waals surface area contributed by atoms with Gasteiger partial charge < -0.3 is 10.4 Å². The predicted molar refractivity (Wildman–Crippen MR) is 86.5 cm³/mol. The first-order valence-electron chi connectivity index (χ1n) is 8.87. The number of hydrogen-bond acceptors (Lipinski definition) is 4. The van der Waals surface area contributed by atoms with Crippen LogP contribution in [0.4, 0.5) is 0 Å². The summed E-state index contributed by atoms with van der Waals surface area (Å²) >= 11 is 0. The van der Waals surface area contributed by atoms with E-state index in [1.807, 2.05) is 0 Å². The first kappa shape index (κ1) is 15.7. The summed E-state index contributed by atoms with van der Waals surface area (Å²) in [5.74, 6) is 0. The summed E-state index contributed by atoms with van der Waals surface area (Å²) in [5, 5.41) is 13.8. The van der Waals surface area contributed by atoms with Gasteiger partial charge in [-0.15, -0.1) is 0 Å². The Kier molecular flexibility index (Phi) is 4.60. The van der Waals surface area contributed by atoms with E-state index in [2.05, 4.69) is 36.0 Å². The highest BCUT2D eigenvalue weighted by Crippen LogP contribution is 2.35. The number of nitrogens with one attached hydrogen (secondary N) is 1. The van der Waals surface area contributed by atoms with Gasteiger partial charge in [-0.1, -0.05) is 0 Å². The van der Waals surface area contributed by atoms with E-state index in [-0.39, 0.29) is 5.54 Å². The lowest BCUT2D eigenvalue weighted by molar-refractivity contribution is -0.00156. The van der Waals surface area contributed by atoms with Gasteiger partial charge in [-0.2, -0.15) is 0 Å². The molecule has 122 valence electrons. The molecular formula is C17H33N3O. The SMILES string of the molecule is CC1CN(C2CCCC(CO)(NC3CC3)C2)CC(C)N1C. The zero-order valence-corrected chi connectivity index (χ0v) is 14.0. The molecule has 21 heavy (non-hydrogen) atoms. The highest BCUT2D eigenvalue weighted by atomic mass is 16.3. The predicted octanol–water partition coefficient (Wildman–Crippen LogP) is 1.44. The minimum Gasteiger partial charge on any atom is -0.394 e. The second kappa shape index (κ2) is 6.15. The van der Waals surface area contributed by atoms with Crippen molar-refractivity contribution in [1.82, 2.24) is 15.1 Å². The molecule has 4 atom stereocenters. The number of rotatable bonds is 4. The van der Waals surface area contributed by atoms with Crippen molar-refractivity contribution in [3.05, 3.63) is 0 Å². The first-order chi connectivity index (χ1) is 10.0. The molecule has 1 saturated heterocycles. The van der Waals surface area contributed by atoms with Crippen molar-refractivity contribution in [2.45, 2.75) is 82.1 Å². The van der Waals surface area contributed by atoms with E-state index in [9.17, 15) is 5.11 Å². The normalized spacial score (nSPS) is 43.1. The van der Waals surface area contributed by atoms with Gasteiger partial charge in [0.25, 0.3) is 0 Å². The molecule has 0 aromatic heterocycles. The molecule has 3 rings (SSSR count). The molecular weight excluding hydrogens is 262 g/mol. The van der Waals surface area contributed by atoms with Crippen LogP contribution in [0.2, 0.25) is 0 Å². The van der Waals surface area contributed by atoms with Crippen molar-refractivity contribution < 1.29 is 5.11 Å². The van der Waals surface area contributed by atoms with E-state index in [0.717, 1.165) is 12.8 Å². The summed E-state index contributed by atoms with van der Waals surface area (Å²) in [6, 6.07) is 2.60. The van der Waals surface area contributed by atoms with E-state index in [1.165, 1.54) is 38.8 Å². The summed E-state index contributed by atoms with van der Waals surface area (Å²) in [6.07, 6.45) is 7.43. The number of aliphatic hydroxyl groups is 1. The number of nitrogens with zero attached hydrogens (tertiary/aromatic N) is 2. The molecule has 0 spiro atoms. The Morgan fingerprint density at radius 1 is 1.14 bits per heavy atom. The van der Waals surface area contributed by atoms with Crippen molar-refractivity contribution in [2.24, 2.45) is 0 Å². The largest absolute Gasteiger partial charge is 0.394 e. The second-order valence-corrected chi connectivity index (χ2v) is 7.92. The van der Waals surface area contributed by atoms with Gasteiger partial charge in [-0.3, -0.25) is 9.80 Å². The van der Waals surface area contributed by atoms with Gasteiger partial charge in [0.05, 0.1) is 6.61 Å². The second-order valence-electron chi connectivity index (χ2n) is 7.92. The summed E-state index contributed by atoms with van der Waals surface area (Å²) < 4.78 is 0. The summed E-state index contributed by atoms with van der Waals surface area (Å²) in [6.45, 7) is 7.34. The van der Waals surface area contributed by atoms with Crippen LogP contribution in [0.15, 0.2) is 0 Å². The Balaban J connectivity index is 1.64. The quantitative estimate of drug-likeness (QED) is 0.823. The van der Waals surface area contributed by atoms with Gasteiger partial charge in [0.15, 0.2) is 0 Å². The Hall–Kier alpha value is -0.160. The molecule has 0 bridgehead atoms. The van der Waals surface area contributed by atoms with E-state index in [0.29, 0.717) is 30.8 Å². The van der Waals surface area contributed by atoms with Crippen molar-refractivity contribution in [1.29, 1.82) is 0 Å². The van der Waals surface area contributed by atoms with Crippen molar-refractivity contribution >= 4 is 0 Å². The van der Waals surface area contributed by atoms with Gasteiger partial charge in [0.2, 0.25) is 0 Å². The molecule has 0 aromatic rings. The van der Waals surface area contributed by atoms with Gasteiger partial charge >= 0.3 is 0 Å². The maximum absolute atomic E-state index is 9.99. The Morgan fingerprint density at radius 2 is 1.81 bits per heavy atom. The lowest BCUT2D eigenvalue weighted by Crippen LogP contribution is -2.61. The van der Waals surface area contributed by atoms with E-state index in [4.69, 9.17) is 0 Å². The average molecular weight is 295 g/mol. The molecule has 2 saturated carbocycles. The minimum atomic E-state index is -0.0000908. The fourth-order valence-corrected chi connectivity index (χ4v) is 4.37. The molecule has 4 unspecified atom stereocenters. The third-order valence-electron chi connectivity index (χ3n) is 6.11. The van der Waals surface area contributed by atoms with Gasteiger partial charge in [0, 0.05) is 42.8 Å². The van der Waals surface area contributed by atoms with Gasteiger partial charge in [-0.25, -0.2) is 0 Å². The fourth-order valence-electron chi connectivity index (χ4n) is 4.37. The number of piperazine rings is 1. The Labute approximate surface area is 129 Å². The highest BCUT2D eigenvalue weighted by molar-refractivity contribution is 5.01. The molecule has 0 radical (unpaired) electrons. The van der Waals surface area contributed by atoms with Gasteiger partial charge in [-0.05, 0) is 59.4 Å². The minimum absolute atomic E-state index is 0.0000908. The third-order valence-corrected chi connectivity index (χ3v) is 6.11. The van der Waals surface area contributed by atoms with Crippen LogP contribution in [-0.2, 0) is 0 Å². The van der Waals surface area contributed by atoms with Crippen molar-refractivity contribution in [2.75, 3.05) is 26.7 Å². The summed E-state index contributed by atoms with van der Waals surface area (Å²) in [7, 11) is 2.25. The van der Waals surface area contributed by atoms with Crippen molar-refractivity contribution in [3.8, 4) is 0 Å². The molecule has 2 N–H and O–H groups in total. The van der Waals surface area contributed by atoms with Crippen LogP contribution in [0.1, 0.15) is 52.4 Å². The Morgan fingerprint density at radius 3 is 2.38 bits per heavy atom. The highest BCUT2D eigenvalue weighted by Gasteiger charge is 2.42. The topological polar surface area (TPSA) is 38.7 Å². The number of likely N-dealkylation sites (N-methyl/N-ethyl adjacent to an activating group) is 1. The lowest BCUT2D eigenvalue weighted by atomic mass is 9.78. The zero-order chi connectivity index (χ0) is 15.0. The van der Waals surface area contributed by atoms with E-state index >= 15 is 0 Å². The van der Waals surface area contributed by atoms with Crippen molar-refractivity contribution in [3.63, 3.8) is 0 Å². The van der Waals surface area contributed by atoms with Crippen LogP contribution in [0.3, 0.4) is 0 Å². The fraction of sp³-hybridized carbons (Fsp3) is 1.00. The van der Waals surface area contributed by atoms with Crippen LogP contribution in [-0.4, -0.2) is 71.4 Å². The molecule has 1 aliphatic heterocycles. The monoisotopic (exact) mass is 295 g/mol. The standard InChI is InChI=1S/C17H33N3O/c1-13-10-20(11-14(2)19(13)3)16-5-4-8-17(9-16,12-21)18-15-6-7-15/h13-16,18,21H,4-12H2,1-3H3. The average Bonchev–Trinajstić information content (AvgIpc) is 3.28. The zero-order valence-electron chi connectivity index (χ0n) is 14.0. The maximum atomic E-state index is 9.99. The van der Waals surface area contributed by atoms with Crippen LogP contribution in [0.25, 0.3) is 0 Å². The van der Waals surface area contributed by atoms with Crippen LogP contribution < -0.4 is 5.32 Å². The molecule has 0 amide bonds. The van der Waals surface area contributed by atoms with Gasteiger partial charge in [0.1, 0.15) is 0 Å². The Bertz CT molecular complexity index is 348. The van der Waals surface area contributed by atoms with Crippen LogP contribution in [0.5, 0.6) is 0 Å². The maximum Gasteiger partial charge on any atom is 0.0613 e. The van der Waals surface area contributed by atoms with Crippen LogP contribution >= 0.6 is 0 Å². The molecule has 0 aromatic carbocycles. The first-order valence-corrected chi connectivity index (χ1v) is 8.87. The molecule has 4 heteroatoms. The third kappa shape index (κ3) is 3.44. The molecule has 3 fully saturated rings. The summed E-state index contributed by atoms with van der Waals surface area (Å²) in [5.41, 5.74) is -0.0000908. The molecule has 4 nitrogen and oxygen atoms in total. The summed E-state index contributed by atoms with van der Waals surface area (Å²) in [4.78, 5) is 5.20. The number of aliphatic hydroxyl groups excluding tert-OH is 1. The molecule has 2 aliphatic carbocycles. The van der Waals surface area contributed by atoms with E-state index in [1.54, 1.807) is 0 Å². The lowest BCUT2D eigenvalue weighted by Gasteiger charge is -2.50. The van der Waals surface area contributed by atoms with E-state index < -0.39 is 0 Å². The number of hydrogen-bond donors (Lipinski definition) is 2. The molecule has 1 heterocycles. The van der Waals surface area contributed by atoms with Crippen LogP contribution in [0, 0.1) is 0 Å². The molecule has 3 aliphatic rings. The smallest absolute Gasteiger partial charge is 0.0613 e.